The van der Waals surface area contributed by atoms with Crippen molar-refractivity contribution in [1.29, 1.82) is 0 Å². The number of anilines is 1. The molecule has 2 aromatic rings. The lowest BCUT2D eigenvalue weighted by Crippen LogP contribution is -2.37. The lowest BCUT2D eigenvalue weighted by Gasteiger charge is -2.27. The van der Waals surface area contributed by atoms with Crippen molar-refractivity contribution in [3.05, 3.63) is 63.9 Å². The number of hydrogen-bond acceptors (Lipinski definition) is 2. The van der Waals surface area contributed by atoms with E-state index in [1.807, 2.05) is 37.2 Å². The van der Waals surface area contributed by atoms with Crippen LogP contribution in [0.5, 0.6) is 0 Å². The van der Waals surface area contributed by atoms with Crippen LogP contribution in [0.15, 0.2) is 36.4 Å². The fourth-order valence-corrected chi connectivity index (χ4v) is 3.05. The average Bonchev–Trinajstić information content (AvgIpc) is 2.53. The van der Waals surface area contributed by atoms with Gasteiger partial charge in [-0.25, -0.2) is 4.39 Å². The first-order chi connectivity index (χ1) is 11.8. The molecule has 0 spiro atoms. The number of nitrogens with zero attached hydrogens (tertiary/aromatic N) is 1. The number of aryl methyl sites for hydroxylation is 2. The molecule has 2 rings (SSSR count). The van der Waals surface area contributed by atoms with Gasteiger partial charge in [0.1, 0.15) is 5.82 Å². The van der Waals surface area contributed by atoms with Gasteiger partial charge in [-0.3, -0.25) is 0 Å². The van der Waals surface area contributed by atoms with Gasteiger partial charge in [-0.05, 0) is 75.6 Å². The van der Waals surface area contributed by atoms with Gasteiger partial charge in [-0.1, -0.05) is 23.7 Å². The molecule has 0 aliphatic heterocycles. The van der Waals surface area contributed by atoms with Crippen LogP contribution in [0, 0.1) is 19.7 Å². The first-order valence-corrected chi connectivity index (χ1v) is 8.80. The number of likely N-dealkylation sites (N-methyl/N-ethyl adjacent to an activating group) is 1. The summed E-state index contributed by atoms with van der Waals surface area (Å²) >= 11 is 11.6. The summed E-state index contributed by atoms with van der Waals surface area (Å²) in [6.07, 6.45) is 0. The number of hydrogen-bond donors (Lipinski definition) is 2. The molecule has 0 fully saturated rings. The standard InChI is InChI=1S/C19H23ClFN3S/c1-12-8-9-14(10-13(12)2)23-19(25)22-11-17(24(3)4)18-15(20)6-5-7-16(18)21/h5-10,17H,11H2,1-4H3,(H2,22,23,25)/t17-/m0/s1. The van der Waals surface area contributed by atoms with Crippen molar-refractivity contribution >= 4 is 34.6 Å². The van der Waals surface area contributed by atoms with Crippen LogP contribution in [0.25, 0.3) is 0 Å². The minimum absolute atomic E-state index is 0.242. The number of nitrogens with one attached hydrogen (secondary N) is 2. The number of thiocarbonyl (C=S) groups is 1. The van der Waals surface area contributed by atoms with Gasteiger partial charge in [0.25, 0.3) is 0 Å². The Bertz CT molecular complexity index is 744. The Morgan fingerprint density at radius 3 is 2.52 bits per heavy atom. The van der Waals surface area contributed by atoms with Gasteiger partial charge in [0.05, 0.1) is 6.04 Å². The molecule has 6 heteroatoms. The first kappa shape index (κ1) is 19.6. The van der Waals surface area contributed by atoms with Crippen LogP contribution in [0.1, 0.15) is 22.7 Å². The fourth-order valence-electron chi connectivity index (χ4n) is 2.56. The predicted octanol–water partition coefficient (Wildman–Crippen LogP) is 4.69. The lowest BCUT2D eigenvalue weighted by atomic mass is 10.1. The predicted molar refractivity (Wildman–Crippen MR) is 108 cm³/mol. The van der Waals surface area contributed by atoms with Crippen molar-refractivity contribution in [2.75, 3.05) is 26.0 Å². The van der Waals surface area contributed by atoms with Crippen LogP contribution in [-0.4, -0.2) is 30.7 Å². The molecule has 3 nitrogen and oxygen atoms in total. The molecule has 0 aliphatic rings. The smallest absolute Gasteiger partial charge is 0.170 e. The largest absolute Gasteiger partial charge is 0.361 e. The van der Waals surface area contributed by atoms with Crippen molar-refractivity contribution in [2.45, 2.75) is 19.9 Å². The summed E-state index contributed by atoms with van der Waals surface area (Å²) in [7, 11) is 3.77. The van der Waals surface area contributed by atoms with Crippen LogP contribution in [0.3, 0.4) is 0 Å². The van der Waals surface area contributed by atoms with Crippen LogP contribution in [0.4, 0.5) is 10.1 Å². The van der Waals surface area contributed by atoms with Gasteiger partial charge in [0.2, 0.25) is 0 Å². The summed E-state index contributed by atoms with van der Waals surface area (Å²) in [5.74, 6) is -0.318. The Morgan fingerprint density at radius 1 is 1.20 bits per heavy atom. The highest BCUT2D eigenvalue weighted by Crippen LogP contribution is 2.28. The maximum absolute atomic E-state index is 14.2. The summed E-state index contributed by atoms with van der Waals surface area (Å²) in [6, 6.07) is 10.5. The van der Waals surface area contributed by atoms with Gasteiger partial charge < -0.3 is 15.5 Å². The highest BCUT2D eigenvalue weighted by atomic mass is 35.5. The second-order valence-corrected chi connectivity index (χ2v) is 7.06. The number of benzene rings is 2. The summed E-state index contributed by atoms with van der Waals surface area (Å²) in [5.41, 5.74) is 3.81. The third-order valence-electron chi connectivity index (χ3n) is 4.18. The Kier molecular flexibility index (Phi) is 6.76. The van der Waals surface area contributed by atoms with Gasteiger partial charge in [-0.15, -0.1) is 0 Å². The van der Waals surface area contributed by atoms with Gasteiger partial charge in [0.15, 0.2) is 5.11 Å². The second kappa shape index (κ2) is 8.61. The van der Waals surface area contributed by atoms with E-state index in [9.17, 15) is 4.39 Å². The van der Waals surface area contributed by atoms with Crippen LogP contribution in [0.2, 0.25) is 5.02 Å². The highest BCUT2D eigenvalue weighted by molar-refractivity contribution is 7.80. The van der Waals surface area contributed by atoms with E-state index in [2.05, 4.69) is 24.5 Å². The molecule has 1 atom stereocenters. The molecule has 0 amide bonds. The van der Waals surface area contributed by atoms with Crippen molar-refractivity contribution in [1.82, 2.24) is 10.2 Å². The molecule has 134 valence electrons. The number of halogens is 2. The van der Waals surface area contributed by atoms with Crippen molar-refractivity contribution < 1.29 is 4.39 Å². The number of rotatable bonds is 5. The molecule has 0 aromatic heterocycles. The summed E-state index contributed by atoms with van der Waals surface area (Å²) in [6.45, 7) is 4.55. The molecule has 25 heavy (non-hydrogen) atoms. The zero-order chi connectivity index (χ0) is 18.6. The molecule has 0 unspecified atom stereocenters. The molecular formula is C19H23ClFN3S. The highest BCUT2D eigenvalue weighted by Gasteiger charge is 2.21. The molecule has 2 aromatic carbocycles. The van der Waals surface area contributed by atoms with Crippen molar-refractivity contribution in [3.8, 4) is 0 Å². The summed E-state index contributed by atoms with van der Waals surface area (Å²) in [5, 5.41) is 7.21. The minimum Gasteiger partial charge on any atom is -0.361 e. The fraction of sp³-hybridized carbons (Fsp3) is 0.316. The molecular weight excluding hydrogens is 357 g/mol. The molecule has 0 bridgehead atoms. The Morgan fingerprint density at radius 2 is 1.92 bits per heavy atom. The average molecular weight is 380 g/mol. The topological polar surface area (TPSA) is 27.3 Å². The van der Waals surface area contributed by atoms with Gasteiger partial charge in [-0.2, -0.15) is 0 Å². The third kappa shape index (κ3) is 5.14. The normalized spacial score (nSPS) is 12.1. The first-order valence-electron chi connectivity index (χ1n) is 8.02. The maximum Gasteiger partial charge on any atom is 0.170 e. The maximum atomic E-state index is 14.2. The van der Waals surface area contributed by atoms with Gasteiger partial charge >= 0.3 is 0 Å². The Balaban J connectivity index is 2.06. The molecule has 2 N–H and O–H groups in total. The van der Waals surface area contributed by atoms with Crippen molar-refractivity contribution in [2.24, 2.45) is 0 Å². The van der Waals surface area contributed by atoms with E-state index in [4.69, 9.17) is 23.8 Å². The Labute approximate surface area is 159 Å². The minimum atomic E-state index is -0.318. The van der Waals surface area contributed by atoms with E-state index >= 15 is 0 Å². The zero-order valence-electron chi connectivity index (χ0n) is 14.9. The molecule has 0 aliphatic carbocycles. The van der Waals surface area contributed by atoms with E-state index in [0.29, 0.717) is 22.2 Å². The summed E-state index contributed by atoms with van der Waals surface area (Å²) in [4.78, 5) is 1.91. The Hall–Kier alpha value is -1.69. The van der Waals surface area contributed by atoms with Gasteiger partial charge in [0, 0.05) is 22.8 Å². The van der Waals surface area contributed by atoms with Crippen LogP contribution in [-0.2, 0) is 0 Å². The third-order valence-corrected chi connectivity index (χ3v) is 4.75. The van der Waals surface area contributed by atoms with Crippen molar-refractivity contribution in [3.63, 3.8) is 0 Å². The monoisotopic (exact) mass is 379 g/mol. The lowest BCUT2D eigenvalue weighted by molar-refractivity contribution is 0.292. The SMILES string of the molecule is Cc1ccc(NC(=S)NC[C@@H](c2c(F)cccc2Cl)N(C)C)cc1C. The molecule has 0 saturated carbocycles. The van der Waals surface area contributed by atoms with E-state index < -0.39 is 0 Å². The zero-order valence-corrected chi connectivity index (χ0v) is 16.4. The second-order valence-electron chi connectivity index (χ2n) is 6.25. The van der Waals surface area contributed by atoms with E-state index in [1.165, 1.54) is 17.2 Å². The molecule has 0 saturated heterocycles. The quantitative estimate of drug-likeness (QED) is 0.737. The van der Waals surface area contributed by atoms with Crippen LogP contribution < -0.4 is 10.6 Å². The van der Waals surface area contributed by atoms with Crippen LogP contribution >= 0.6 is 23.8 Å². The molecule has 0 radical (unpaired) electrons. The van der Waals surface area contributed by atoms with E-state index in [-0.39, 0.29) is 11.9 Å². The molecule has 0 heterocycles. The summed E-state index contributed by atoms with van der Waals surface area (Å²) < 4.78 is 14.2. The van der Waals surface area contributed by atoms with E-state index in [1.54, 1.807) is 12.1 Å². The van der Waals surface area contributed by atoms with E-state index in [0.717, 1.165) is 5.69 Å².